The van der Waals surface area contributed by atoms with Gasteiger partial charge in [-0.25, -0.2) is 9.67 Å². The smallest absolute Gasteiger partial charge is 0.137 e. The summed E-state index contributed by atoms with van der Waals surface area (Å²) < 4.78 is 1.88. The fourth-order valence-corrected chi connectivity index (χ4v) is 2.04. The van der Waals surface area contributed by atoms with Crippen LogP contribution in [0.1, 0.15) is 32.4 Å². The fraction of sp³-hybridized carbons (Fsp3) is 0.333. The molecule has 0 saturated heterocycles. The van der Waals surface area contributed by atoms with E-state index in [9.17, 15) is 0 Å². The number of halogens is 1. The molecule has 100 valence electrons. The van der Waals surface area contributed by atoms with E-state index < -0.39 is 0 Å². The normalized spacial score (nSPS) is 13.9. The Bertz CT molecular complexity index is 536. The van der Waals surface area contributed by atoms with E-state index in [1.807, 2.05) is 28.9 Å². The highest BCUT2D eigenvalue weighted by Crippen LogP contribution is 2.31. The van der Waals surface area contributed by atoms with Crippen LogP contribution in [0.2, 0.25) is 5.02 Å². The lowest BCUT2D eigenvalue weighted by atomic mass is 9.86. The zero-order chi connectivity index (χ0) is 13.9. The van der Waals surface area contributed by atoms with Crippen LogP contribution in [0, 0.1) is 5.41 Å². The van der Waals surface area contributed by atoms with Gasteiger partial charge in [0.1, 0.15) is 12.7 Å². The second-order valence-electron chi connectivity index (χ2n) is 5.60. The van der Waals surface area contributed by atoms with Crippen LogP contribution in [0.4, 0.5) is 0 Å². The number of nitrogens with zero attached hydrogens (tertiary/aromatic N) is 3. The molecule has 4 heteroatoms. The van der Waals surface area contributed by atoms with Crippen LogP contribution in [0.25, 0.3) is 6.08 Å². The Labute approximate surface area is 118 Å². The third kappa shape index (κ3) is 3.67. The van der Waals surface area contributed by atoms with Crippen molar-refractivity contribution in [1.29, 1.82) is 0 Å². The summed E-state index contributed by atoms with van der Waals surface area (Å²) in [4.78, 5) is 4.02. The van der Waals surface area contributed by atoms with Crippen LogP contribution in [0.5, 0.6) is 0 Å². The molecule has 19 heavy (non-hydrogen) atoms. The minimum absolute atomic E-state index is 0.0661. The number of allylic oxidation sites excluding steroid dienone is 1. The SMILES string of the molecule is CC(C)(C)C(/C=C/c1ccc(Cl)cc1)n1cncn1. The van der Waals surface area contributed by atoms with E-state index in [4.69, 9.17) is 11.6 Å². The first-order chi connectivity index (χ1) is 8.97. The lowest BCUT2D eigenvalue weighted by molar-refractivity contribution is 0.274. The summed E-state index contributed by atoms with van der Waals surface area (Å²) in [5, 5.41) is 4.99. The third-order valence-corrected chi connectivity index (χ3v) is 3.20. The molecule has 0 fully saturated rings. The van der Waals surface area contributed by atoms with Gasteiger partial charge in [-0.1, -0.05) is 56.7 Å². The van der Waals surface area contributed by atoms with Crippen molar-refractivity contribution in [2.45, 2.75) is 26.8 Å². The average molecular weight is 276 g/mol. The highest BCUT2D eigenvalue weighted by molar-refractivity contribution is 6.30. The lowest BCUT2D eigenvalue weighted by Gasteiger charge is -2.27. The van der Waals surface area contributed by atoms with E-state index in [2.05, 4.69) is 43.0 Å². The number of hydrogen-bond donors (Lipinski definition) is 0. The molecular weight excluding hydrogens is 258 g/mol. The van der Waals surface area contributed by atoms with Crippen molar-refractivity contribution >= 4 is 17.7 Å². The molecule has 3 nitrogen and oxygen atoms in total. The van der Waals surface area contributed by atoms with E-state index in [1.165, 1.54) is 0 Å². The summed E-state index contributed by atoms with van der Waals surface area (Å²) in [6.45, 7) is 6.56. The highest BCUT2D eigenvalue weighted by atomic mass is 35.5. The predicted octanol–water partition coefficient (Wildman–Crippen LogP) is 4.23. The first-order valence-corrected chi connectivity index (χ1v) is 6.62. The van der Waals surface area contributed by atoms with Gasteiger partial charge in [-0.15, -0.1) is 0 Å². The molecule has 0 saturated carbocycles. The van der Waals surface area contributed by atoms with Gasteiger partial charge in [0.05, 0.1) is 6.04 Å². The maximum absolute atomic E-state index is 5.88. The van der Waals surface area contributed by atoms with Crippen molar-refractivity contribution in [3.63, 3.8) is 0 Å². The molecule has 1 unspecified atom stereocenters. The van der Waals surface area contributed by atoms with Crippen LogP contribution >= 0.6 is 11.6 Å². The summed E-state index contributed by atoms with van der Waals surface area (Å²) in [6, 6.07) is 7.94. The van der Waals surface area contributed by atoms with E-state index in [1.54, 1.807) is 12.7 Å². The Balaban J connectivity index is 2.24. The molecule has 0 N–H and O–H groups in total. The van der Waals surface area contributed by atoms with E-state index in [-0.39, 0.29) is 11.5 Å². The van der Waals surface area contributed by atoms with Crippen molar-refractivity contribution < 1.29 is 0 Å². The molecule has 2 aromatic rings. The molecule has 0 aliphatic rings. The second kappa shape index (κ2) is 5.57. The van der Waals surface area contributed by atoms with Crippen LogP contribution in [-0.4, -0.2) is 14.8 Å². The third-order valence-electron chi connectivity index (χ3n) is 2.95. The number of rotatable bonds is 3. The van der Waals surface area contributed by atoms with E-state index in [0.717, 1.165) is 10.6 Å². The Kier molecular flexibility index (Phi) is 4.05. The van der Waals surface area contributed by atoms with Crippen molar-refractivity contribution in [2.24, 2.45) is 5.41 Å². The van der Waals surface area contributed by atoms with Gasteiger partial charge in [0, 0.05) is 5.02 Å². The van der Waals surface area contributed by atoms with Gasteiger partial charge in [-0.05, 0) is 23.1 Å². The molecule has 0 aliphatic heterocycles. The number of aromatic nitrogens is 3. The molecule has 0 bridgehead atoms. The zero-order valence-electron chi connectivity index (χ0n) is 11.4. The van der Waals surface area contributed by atoms with Crippen molar-refractivity contribution in [3.05, 3.63) is 53.6 Å². The summed E-state index contributed by atoms with van der Waals surface area (Å²) in [5.41, 5.74) is 1.19. The topological polar surface area (TPSA) is 30.7 Å². The van der Waals surface area contributed by atoms with Crippen LogP contribution < -0.4 is 0 Å². The van der Waals surface area contributed by atoms with Gasteiger partial charge in [-0.3, -0.25) is 0 Å². The summed E-state index contributed by atoms with van der Waals surface area (Å²) >= 11 is 5.88. The largest absolute Gasteiger partial charge is 0.246 e. The fourth-order valence-electron chi connectivity index (χ4n) is 1.91. The Morgan fingerprint density at radius 1 is 1.21 bits per heavy atom. The summed E-state index contributed by atoms with van der Waals surface area (Å²) in [7, 11) is 0. The van der Waals surface area contributed by atoms with Gasteiger partial charge in [0.2, 0.25) is 0 Å². The van der Waals surface area contributed by atoms with Crippen molar-refractivity contribution in [1.82, 2.24) is 14.8 Å². The van der Waals surface area contributed by atoms with Gasteiger partial charge in [0.25, 0.3) is 0 Å². The quantitative estimate of drug-likeness (QED) is 0.839. The minimum Gasteiger partial charge on any atom is -0.246 e. The lowest BCUT2D eigenvalue weighted by Crippen LogP contribution is -2.23. The summed E-state index contributed by atoms with van der Waals surface area (Å²) in [6.07, 6.45) is 7.56. The maximum Gasteiger partial charge on any atom is 0.137 e. The molecule has 1 aromatic carbocycles. The highest BCUT2D eigenvalue weighted by Gasteiger charge is 2.24. The standard InChI is InChI=1S/C15H18ClN3/c1-15(2,3)14(19-11-17-10-18-19)9-6-12-4-7-13(16)8-5-12/h4-11,14H,1-3H3/b9-6+. The van der Waals surface area contributed by atoms with Gasteiger partial charge >= 0.3 is 0 Å². The van der Waals surface area contributed by atoms with Gasteiger partial charge < -0.3 is 0 Å². The Morgan fingerprint density at radius 2 is 1.89 bits per heavy atom. The monoisotopic (exact) mass is 275 g/mol. The molecule has 0 spiro atoms. The first kappa shape index (κ1) is 13.8. The molecule has 1 aromatic heterocycles. The van der Waals surface area contributed by atoms with Crippen LogP contribution in [-0.2, 0) is 0 Å². The Hall–Kier alpha value is -1.61. The number of hydrogen-bond acceptors (Lipinski definition) is 2. The van der Waals surface area contributed by atoms with Crippen LogP contribution in [0.3, 0.4) is 0 Å². The minimum atomic E-state index is 0.0661. The molecule has 2 rings (SSSR count). The zero-order valence-corrected chi connectivity index (χ0v) is 12.2. The molecule has 1 heterocycles. The second-order valence-corrected chi connectivity index (χ2v) is 6.03. The summed E-state index contributed by atoms with van der Waals surface area (Å²) in [5.74, 6) is 0. The van der Waals surface area contributed by atoms with E-state index >= 15 is 0 Å². The van der Waals surface area contributed by atoms with Crippen molar-refractivity contribution in [3.8, 4) is 0 Å². The molecule has 0 aliphatic carbocycles. The molecule has 0 amide bonds. The molecule has 1 atom stereocenters. The number of benzene rings is 1. The van der Waals surface area contributed by atoms with Gasteiger partial charge in [-0.2, -0.15) is 5.10 Å². The Morgan fingerprint density at radius 3 is 2.42 bits per heavy atom. The predicted molar refractivity (Wildman–Crippen MR) is 79.0 cm³/mol. The maximum atomic E-state index is 5.88. The van der Waals surface area contributed by atoms with Crippen LogP contribution in [0.15, 0.2) is 43.0 Å². The first-order valence-electron chi connectivity index (χ1n) is 6.25. The van der Waals surface area contributed by atoms with E-state index in [0.29, 0.717) is 0 Å². The molecule has 0 radical (unpaired) electrons. The molecular formula is C15H18ClN3. The van der Waals surface area contributed by atoms with Crippen molar-refractivity contribution in [2.75, 3.05) is 0 Å². The average Bonchev–Trinajstić information content (AvgIpc) is 2.83. The van der Waals surface area contributed by atoms with Gasteiger partial charge in [0.15, 0.2) is 0 Å².